The van der Waals surface area contributed by atoms with Crippen LogP contribution in [0.1, 0.15) is 37.8 Å². The fourth-order valence-electron chi connectivity index (χ4n) is 2.68. The predicted octanol–water partition coefficient (Wildman–Crippen LogP) is 2.39. The normalized spacial score (nSPS) is 15.0. The Bertz CT molecular complexity index is 777. The van der Waals surface area contributed by atoms with Gasteiger partial charge >= 0.3 is 0 Å². The molecule has 0 bridgehead atoms. The molecule has 0 unspecified atom stereocenters. The van der Waals surface area contributed by atoms with Crippen LogP contribution in [0.25, 0.3) is 0 Å². The number of hydrogen-bond acceptors (Lipinski definition) is 4. The van der Waals surface area contributed by atoms with Gasteiger partial charge in [0.25, 0.3) is 0 Å². The molecule has 28 heavy (non-hydrogen) atoms. The molecule has 1 saturated carbocycles. The summed E-state index contributed by atoms with van der Waals surface area (Å²) in [7, 11) is -1.59. The maximum absolute atomic E-state index is 11.5. The quantitative estimate of drug-likeness (QED) is 0.262. The summed E-state index contributed by atoms with van der Waals surface area (Å²) in [6, 6.07) is 6.19. The third-order valence-electron chi connectivity index (χ3n) is 4.22. The molecule has 0 aromatic heterocycles. The molecule has 1 fully saturated rings. The number of nitrogens with zero attached hydrogens (tertiary/aromatic N) is 1. The van der Waals surface area contributed by atoms with Crippen molar-refractivity contribution in [3.05, 3.63) is 29.3 Å². The Morgan fingerprint density at radius 2 is 1.96 bits per heavy atom. The van der Waals surface area contributed by atoms with Gasteiger partial charge in [-0.3, -0.25) is 4.99 Å². The van der Waals surface area contributed by atoms with Crippen LogP contribution in [0, 0.1) is 12.8 Å². The Kier molecular flexibility index (Phi) is 9.48. The van der Waals surface area contributed by atoms with E-state index in [2.05, 4.69) is 45.5 Å². The average molecular weight is 524 g/mol. The van der Waals surface area contributed by atoms with Crippen LogP contribution in [-0.4, -0.2) is 46.4 Å². The van der Waals surface area contributed by atoms with Crippen LogP contribution in [0.4, 0.5) is 0 Å². The lowest BCUT2D eigenvalue weighted by Gasteiger charge is -2.26. The molecule has 0 saturated heterocycles. The second kappa shape index (κ2) is 10.6. The number of hydrogen-bond donors (Lipinski definition) is 3. The number of halogens is 1. The zero-order chi connectivity index (χ0) is 20.1. The highest BCUT2D eigenvalue weighted by Crippen LogP contribution is 2.30. The van der Waals surface area contributed by atoms with Crippen LogP contribution < -0.4 is 20.1 Å². The molecule has 1 aliphatic carbocycles. The first-order chi connectivity index (χ1) is 12.6. The first-order valence-electron chi connectivity index (χ1n) is 9.24. The summed E-state index contributed by atoms with van der Waals surface area (Å²) in [5, 5.41) is 6.43. The molecule has 160 valence electrons. The largest absolute Gasteiger partial charge is 0.493 e. The number of aryl methyl sites for hydroxylation is 1. The molecule has 2 rings (SSSR count). The summed E-state index contributed by atoms with van der Waals surface area (Å²) < 4.78 is 31.5. The molecule has 1 aromatic carbocycles. The number of guanidine groups is 1. The lowest BCUT2D eigenvalue weighted by atomic mass is 10.1. The molecule has 0 spiro atoms. The van der Waals surface area contributed by atoms with Crippen LogP contribution in [-0.2, 0) is 16.6 Å². The van der Waals surface area contributed by atoms with Crippen molar-refractivity contribution in [1.82, 2.24) is 15.4 Å². The lowest BCUT2D eigenvalue weighted by Crippen LogP contribution is -2.52. The molecule has 0 aliphatic heterocycles. The minimum atomic E-state index is -3.28. The second-order valence-corrected chi connectivity index (χ2v) is 9.65. The van der Waals surface area contributed by atoms with Gasteiger partial charge in [0.1, 0.15) is 5.75 Å². The fourth-order valence-corrected chi connectivity index (χ4v) is 3.75. The highest BCUT2D eigenvalue weighted by atomic mass is 127. The smallest absolute Gasteiger partial charge is 0.209 e. The van der Waals surface area contributed by atoms with Crippen molar-refractivity contribution in [3.8, 4) is 5.75 Å². The molecule has 0 heterocycles. The van der Waals surface area contributed by atoms with Gasteiger partial charge in [-0.05, 0) is 51.2 Å². The highest BCUT2D eigenvalue weighted by Gasteiger charge is 2.23. The Morgan fingerprint density at radius 3 is 2.54 bits per heavy atom. The Morgan fingerprint density at radius 1 is 1.29 bits per heavy atom. The van der Waals surface area contributed by atoms with Crippen LogP contribution in [0.3, 0.4) is 0 Å². The molecule has 9 heteroatoms. The Hall–Kier alpha value is -1.07. The number of nitrogens with one attached hydrogen (secondary N) is 3. The Labute approximate surface area is 186 Å². The topological polar surface area (TPSA) is 91.8 Å². The molecule has 0 atom stereocenters. The van der Waals surface area contributed by atoms with E-state index < -0.39 is 15.6 Å². The van der Waals surface area contributed by atoms with Crippen molar-refractivity contribution >= 4 is 40.0 Å². The van der Waals surface area contributed by atoms with E-state index in [1.807, 2.05) is 13.8 Å². The van der Waals surface area contributed by atoms with E-state index in [1.54, 1.807) is 7.05 Å². The van der Waals surface area contributed by atoms with Crippen LogP contribution in [0.15, 0.2) is 23.2 Å². The molecule has 0 radical (unpaired) electrons. The maximum Gasteiger partial charge on any atom is 0.209 e. The van der Waals surface area contributed by atoms with Crippen molar-refractivity contribution in [2.75, 3.05) is 26.5 Å². The van der Waals surface area contributed by atoms with Crippen molar-refractivity contribution in [2.45, 2.75) is 45.7 Å². The summed E-state index contributed by atoms with van der Waals surface area (Å²) >= 11 is 0. The van der Waals surface area contributed by atoms with E-state index in [0.717, 1.165) is 24.2 Å². The lowest BCUT2D eigenvalue weighted by molar-refractivity contribution is 0.296. The van der Waals surface area contributed by atoms with E-state index in [1.165, 1.54) is 18.4 Å². The molecule has 7 nitrogen and oxygen atoms in total. The molecule has 3 N–H and O–H groups in total. The first kappa shape index (κ1) is 25.0. The van der Waals surface area contributed by atoms with E-state index in [9.17, 15) is 8.42 Å². The van der Waals surface area contributed by atoms with Crippen molar-refractivity contribution in [2.24, 2.45) is 10.9 Å². The van der Waals surface area contributed by atoms with Gasteiger partial charge < -0.3 is 15.4 Å². The molecular weight excluding hydrogens is 491 g/mol. The fraction of sp³-hybridized carbons (Fsp3) is 0.632. The van der Waals surface area contributed by atoms with E-state index in [0.29, 0.717) is 25.0 Å². The van der Waals surface area contributed by atoms with Gasteiger partial charge in [0.05, 0.1) is 12.9 Å². The van der Waals surface area contributed by atoms with Gasteiger partial charge in [-0.15, -0.1) is 24.0 Å². The summed E-state index contributed by atoms with van der Waals surface area (Å²) in [6.07, 6.45) is 3.67. The first-order valence-corrected chi connectivity index (χ1v) is 11.1. The van der Waals surface area contributed by atoms with Crippen LogP contribution in [0.2, 0.25) is 0 Å². The molecule has 1 aromatic rings. The SMILES string of the molecule is CN=C(NCc1ccc(C)cc1OCC1CC1)NCC(C)(C)NS(C)(=O)=O.I. The molecule has 1 aliphatic rings. The Balaban J connectivity index is 0.00000392. The van der Waals surface area contributed by atoms with E-state index >= 15 is 0 Å². The molecule has 0 amide bonds. The summed E-state index contributed by atoms with van der Waals surface area (Å²) in [5.41, 5.74) is 1.60. The number of aliphatic imine (C=N–C) groups is 1. The number of rotatable bonds is 9. The number of sulfonamides is 1. The second-order valence-electron chi connectivity index (χ2n) is 7.90. The number of benzene rings is 1. The summed E-state index contributed by atoms with van der Waals surface area (Å²) in [4.78, 5) is 4.21. The van der Waals surface area contributed by atoms with Gasteiger partial charge in [-0.25, -0.2) is 13.1 Å². The number of ether oxygens (including phenoxy) is 1. The average Bonchev–Trinajstić information content (AvgIpc) is 3.36. The van der Waals surface area contributed by atoms with Crippen LogP contribution >= 0.6 is 24.0 Å². The van der Waals surface area contributed by atoms with Gasteiger partial charge in [0.2, 0.25) is 10.0 Å². The maximum atomic E-state index is 11.5. The third-order valence-corrected chi connectivity index (χ3v) is 5.15. The van der Waals surface area contributed by atoms with Crippen molar-refractivity contribution < 1.29 is 13.2 Å². The summed E-state index contributed by atoms with van der Waals surface area (Å²) in [6.45, 7) is 7.43. The van der Waals surface area contributed by atoms with Crippen LogP contribution in [0.5, 0.6) is 5.75 Å². The predicted molar refractivity (Wildman–Crippen MR) is 125 cm³/mol. The van der Waals surface area contributed by atoms with Gasteiger partial charge in [0.15, 0.2) is 5.96 Å². The van der Waals surface area contributed by atoms with E-state index in [4.69, 9.17) is 4.74 Å². The highest BCUT2D eigenvalue weighted by molar-refractivity contribution is 14.0. The zero-order valence-electron chi connectivity index (χ0n) is 17.3. The minimum absolute atomic E-state index is 0. The third kappa shape index (κ3) is 9.42. The standard InChI is InChI=1S/C19H32N4O3S.HI/c1-14-6-9-16(17(10-14)26-12-15-7-8-15)11-21-18(20-4)22-13-19(2,3)23-27(5,24)25;/h6,9-10,15,23H,7-8,11-13H2,1-5H3,(H2,20,21,22);1H. The van der Waals surface area contributed by atoms with Gasteiger partial charge in [-0.1, -0.05) is 12.1 Å². The summed E-state index contributed by atoms with van der Waals surface area (Å²) in [5.74, 6) is 2.21. The van der Waals surface area contributed by atoms with E-state index in [-0.39, 0.29) is 24.0 Å². The molecular formula is C19H33IN4O3S. The zero-order valence-corrected chi connectivity index (χ0v) is 20.5. The van der Waals surface area contributed by atoms with Crippen molar-refractivity contribution in [1.29, 1.82) is 0 Å². The van der Waals surface area contributed by atoms with Gasteiger partial charge in [0, 0.05) is 31.2 Å². The van der Waals surface area contributed by atoms with Gasteiger partial charge in [-0.2, -0.15) is 0 Å². The monoisotopic (exact) mass is 524 g/mol. The minimum Gasteiger partial charge on any atom is -0.493 e. The van der Waals surface area contributed by atoms with Crippen molar-refractivity contribution in [3.63, 3.8) is 0 Å².